The third-order valence-corrected chi connectivity index (χ3v) is 5.42. The number of carbonyl (C=O) groups excluding carboxylic acids is 1. The number of carbonyl (C=O) groups is 1. The minimum atomic E-state index is -1.00. The van der Waals surface area contributed by atoms with E-state index in [1.54, 1.807) is 6.26 Å². The summed E-state index contributed by atoms with van der Waals surface area (Å²) in [5.41, 5.74) is 0.0257. The Labute approximate surface area is 113 Å². The third-order valence-electron chi connectivity index (χ3n) is 3.65. The second-order valence-corrected chi connectivity index (χ2v) is 6.61. The highest BCUT2D eigenvalue weighted by Gasteiger charge is 2.41. The Bertz CT molecular complexity index is 529. The maximum absolute atomic E-state index is 12.8. The molecule has 1 saturated carbocycles. The first kappa shape index (κ1) is 14.0. The molecule has 0 bridgehead atoms. The molecule has 6 heteroatoms. The molecule has 2 rings (SSSR count). The van der Waals surface area contributed by atoms with E-state index >= 15 is 0 Å². The summed E-state index contributed by atoms with van der Waals surface area (Å²) in [4.78, 5) is 11.9. The first-order valence-corrected chi connectivity index (χ1v) is 7.61. The lowest BCUT2D eigenvalue weighted by Crippen LogP contribution is -2.50. The van der Waals surface area contributed by atoms with Gasteiger partial charge in [0.2, 0.25) is 0 Å². The van der Waals surface area contributed by atoms with Crippen LogP contribution in [0.25, 0.3) is 0 Å². The van der Waals surface area contributed by atoms with Crippen LogP contribution in [0.5, 0.6) is 5.75 Å². The predicted molar refractivity (Wildman–Crippen MR) is 71.0 cm³/mol. The number of rotatable bonds is 4. The molecule has 4 nitrogen and oxygen atoms in total. The lowest BCUT2D eigenvalue weighted by molar-refractivity contribution is 0.0941. The normalized spacial score (nSPS) is 18.4. The van der Waals surface area contributed by atoms with Crippen LogP contribution in [0.1, 0.15) is 29.6 Å². The van der Waals surface area contributed by atoms with E-state index < -0.39 is 28.3 Å². The second kappa shape index (κ2) is 5.28. The van der Waals surface area contributed by atoms with Crippen molar-refractivity contribution in [3.05, 3.63) is 29.6 Å². The van der Waals surface area contributed by atoms with Gasteiger partial charge in [0.25, 0.3) is 5.91 Å². The maximum Gasteiger partial charge on any atom is 0.255 e. The number of hydrogen-bond acceptors (Lipinski definition) is 3. The van der Waals surface area contributed by atoms with Gasteiger partial charge in [-0.2, -0.15) is 0 Å². The fourth-order valence-corrected chi connectivity index (χ4v) is 3.31. The van der Waals surface area contributed by atoms with Gasteiger partial charge in [-0.25, -0.2) is 4.39 Å². The van der Waals surface area contributed by atoms with Gasteiger partial charge in [-0.1, -0.05) is 6.42 Å². The number of phenolic OH excluding ortho intramolecular Hbond substituents is 1. The average molecular weight is 285 g/mol. The van der Waals surface area contributed by atoms with Crippen molar-refractivity contribution in [3.63, 3.8) is 0 Å². The highest BCUT2D eigenvalue weighted by molar-refractivity contribution is 7.85. The lowest BCUT2D eigenvalue weighted by Gasteiger charge is -2.39. The monoisotopic (exact) mass is 285 g/mol. The van der Waals surface area contributed by atoms with Gasteiger partial charge >= 0.3 is 0 Å². The Morgan fingerprint density at radius 3 is 2.68 bits per heavy atom. The summed E-state index contributed by atoms with van der Waals surface area (Å²) in [5.74, 6) is -1.47. The van der Waals surface area contributed by atoms with Gasteiger partial charge in [-0.15, -0.1) is 0 Å². The van der Waals surface area contributed by atoms with E-state index in [2.05, 4.69) is 5.32 Å². The van der Waals surface area contributed by atoms with E-state index in [9.17, 15) is 18.5 Å². The van der Waals surface area contributed by atoms with Crippen LogP contribution in [-0.4, -0.2) is 32.8 Å². The number of hydrogen-bond donors (Lipinski definition) is 2. The van der Waals surface area contributed by atoms with Crippen LogP contribution in [0.3, 0.4) is 0 Å². The Morgan fingerprint density at radius 1 is 1.53 bits per heavy atom. The summed E-state index contributed by atoms with van der Waals surface area (Å²) in [6, 6.07) is 3.24. The molecule has 0 heterocycles. The first-order chi connectivity index (χ1) is 8.94. The van der Waals surface area contributed by atoms with Crippen LogP contribution >= 0.6 is 0 Å². The summed E-state index contributed by atoms with van der Waals surface area (Å²) in [6.07, 6.45) is 4.30. The molecule has 1 aromatic carbocycles. The van der Waals surface area contributed by atoms with Gasteiger partial charge in [0.05, 0.1) is 10.3 Å². The fraction of sp³-hybridized carbons (Fsp3) is 0.462. The Kier molecular flexibility index (Phi) is 3.89. The van der Waals surface area contributed by atoms with Crippen LogP contribution in [0.4, 0.5) is 4.39 Å². The van der Waals surface area contributed by atoms with Crippen molar-refractivity contribution in [2.75, 3.05) is 12.8 Å². The number of benzene rings is 1. The van der Waals surface area contributed by atoms with Crippen molar-refractivity contribution >= 4 is 16.7 Å². The van der Waals surface area contributed by atoms with Crippen molar-refractivity contribution in [2.24, 2.45) is 0 Å². The highest BCUT2D eigenvalue weighted by atomic mass is 32.2. The van der Waals surface area contributed by atoms with Crippen LogP contribution in [-0.2, 0) is 10.8 Å². The number of phenols is 1. The molecule has 0 saturated heterocycles. The Balaban J connectivity index is 2.03. The van der Waals surface area contributed by atoms with Crippen molar-refractivity contribution < 1.29 is 18.5 Å². The molecule has 104 valence electrons. The molecule has 1 amide bonds. The van der Waals surface area contributed by atoms with Crippen LogP contribution in [0, 0.1) is 5.82 Å². The lowest BCUT2D eigenvalue weighted by atomic mass is 9.84. The maximum atomic E-state index is 12.8. The Morgan fingerprint density at radius 2 is 2.21 bits per heavy atom. The molecule has 0 aliphatic heterocycles. The summed E-state index contributed by atoms with van der Waals surface area (Å²) >= 11 is 0. The molecular formula is C13H16FNO3S. The van der Waals surface area contributed by atoms with Gasteiger partial charge in [-0.05, 0) is 25.0 Å². The summed E-state index contributed by atoms with van der Waals surface area (Å²) in [6.45, 7) is 0.311. The largest absolute Gasteiger partial charge is 0.507 e. The van der Waals surface area contributed by atoms with Crippen LogP contribution in [0.2, 0.25) is 0 Å². The third kappa shape index (κ3) is 2.78. The molecule has 1 unspecified atom stereocenters. The molecule has 19 heavy (non-hydrogen) atoms. The smallest absolute Gasteiger partial charge is 0.255 e. The molecule has 1 aliphatic rings. The molecular weight excluding hydrogens is 269 g/mol. The molecule has 1 aromatic rings. The standard InChI is InChI=1S/C13H16FNO3S/c1-19(18)13(5-2-6-13)8-15-12(17)10-4-3-9(14)7-11(10)16/h3-4,7,16H,2,5-6,8H2,1H3,(H,15,17). The number of aromatic hydroxyl groups is 1. The zero-order chi connectivity index (χ0) is 14.0. The van der Waals surface area contributed by atoms with Crippen molar-refractivity contribution in [2.45, 2.75) is 24.0 Å². The molecule has 1 atom stereocenters. The second-order valence-electron chi connectivity index (χ2n) is 4.83. The van der Waals surface area contributed by atoms with E-state index in [0.717, 1.165) is 31.4 Å². The van der Waals surface area contributed by atoms with Gasteiger partial charge in [0.15, 0.2) is 0 Å². The van der Waals surface area contributed by atoms with E-state index in [1.807, 2.05) is 0 Å². The summed E-state index contributed by atoms with van der Waals surface area (Å²) in [7, 11) is -1.00. The summed E-state index contributed by atoms with van der Waals surface area (Å²) < 4.78 is 24.2. The highest BCUT2D eigenvalue weighted by Crippen LogP contribution is 2.36. The number of nitrogens with one attached hydrogen (secondary N) is 1. The minimum absolute atomic E-state index is 0.0257. The van der Waals surface area contributed by atoms with Gasteiger partial charge in [0.1, 0.15) is 11.6 Å². The van der Waals surface area contributed by atoms with Gasteiger partial charge in [-0.3, -0.25) is 9.00 Å². The quantitative estimate of drug-likeness (QED) is 0.882. The molecule has 0 aromatic heterocycles. The topological polar surface area (TPSA) is 66.4 Å². The van der Waals surface area contributed by atoms with E-state index in [4.69, 9.17) is 0 Å². The SMILES string of the molecule is CS(=O)C1(CNC(=O)c2ccc(F)cc2O)CCC1. The zero-order valence-corrected chi connectivity index (χ0v) is 11.4. The van der Waals surface area contributed by atoms with Gasteiger partial charge < -0.3 is 10.4 Å². The average Bonchev–Trinajstić information content (AvgIpc) is 2.26. The molecule has 0 radical (unpaired) electrons. The molecule has 0 spiro atoms. The number of halogens is 1. The van der Waals surface area contributed by atoms with Crippen LogP contribution < -0.4 is 5.32 Å². The predicted octanol–water partition coefficient (Wildman–Crippen LogP) is 1.56. The van der Waals surface area contributed by atoms with Crippen molar-refractivity contribution in [1.29, 1.82) is 0 Å². The van der Waals surface area contributed by atoms with Gasteiger partial charge in [0, 0.05) is 29.7 Å². The molecule has 2 N–H and O–H groups in total. The first-order valence-electron chi connectivity index (χ1n) is 6.05. The van der Waals surface area contributed by atoms with Crippen LogP contribution in [0.15, 0.2) is 18.2 Å². The molecule has 1 aliphatic carbocycles. The van der Waals surface area contributed by atoms with E-state index in [1.165, 1.54) is 6.07 Å². The van der Waals surface area contributed by atoms with E-state index in [0.29, 0.717) is 6.54 Å². The van der Waals surface area contributed by atoms with E-state index in [-0.39, 0.29) is 10.3 Å². The molecule has 1 fully saturated rings. The summed E-state index contributed by atoms with van der Waals surface area (Å²) in [5, 5.41) is 12.2. The number of amides is 1. The van der Waals surface area contributed by atoms with Crippen molar-refractivity contribution in [3.8, 4) is 5.75 Å². The Hall–Kier alpha value is -1.43. The minimum Gasteiger partial charge on any atom is -0.507 e. The zero-order valence-electron chi connectivity index (χ0n) is 10.6. The fourth-order valence-electron chi connectivity index (χ4n) is 2.17. The van der Waals surface area contributed by atoms with Crippen molar-refractivity contribution in [1.82, 2.24) is 5.32 Å².